The van der Waals surface area contributed by atoms with Gasteiger partial charge in [0.15, 0.2) is 6.04 Å². The van der Waals surface area contributed by atoms with Gasteiger partial charge in [-0.2, -0.15) is 0 Å². The lowest BCUT2D eigenvalue weighted by Gasteiger charge is -2.41. The van der Waals surface area contributed by atoms with E-state index in [-0.39, 0.29) is 188 Å². The number of carbonyl (C=O) groups excluding carboxylic acids is 9. The third-order valence-corrected chi connectivity index (χ3v) is 26.0. The Morgan fingerprint density at radius 3 is 1.98 bits per heavy atom. The number of nitrogens with one attached hydrogen (secondary N) is 10. The van der Waals surface area contributed by atoms with Gasteiger partial charge in [0.2, 0.25) is 47.3 Å². The molecule has 0 saturated carbocycles. The number of aliphatic hydroxyl groups excluding tert-OH is 1. The number of piperidine rings is 1. The summed E-state index contributed by atoms with van der Waals surface area (Å²) in [7, 11) is 6.85. The highest BCUT2D eigenvalue weighted by molar-refractivity contribution is 7.65. The van der Waals surface area contributed by atoms with Crippen molar-refractivity contribution in [3.8, 4) is 22.5 Å². The number of hydrogen-bond acceptors (Lipinski definition) is 25. The molecular formula is C99H149ClFN18O18S+. The van der Waals surface area contributed by atoms with E-state index < -0.39 is 102 Å². The summed E-state index contributed by atoms with van der Waals surface area (Å²) in [6, 6.07) is 19.8. The van der Waals surface area contributed by atoms with Crippen LogP contribution in [-0.2, 0) is 94.0 Å². The largest absolute Gasteiger partial charge is 0.461 e. The Hall–Kier alpha value is -10.1. The maximum absolute atomic E-state index is 15.0. The molecule has 4 aromatic carbocycles. The van der Waals surface area contributed by atoms with E-state index in [1.165, 1.54) is 12.1 Å². The Kier molecular flexibility index (Phi) is 47.8. The molecule has 15 N–H and O–H groups in total. The van der Waals surface area contributed by atoms with E-state index in [9.17, 15) is 52.5 Å². The molecule has 2 aliphatic heterocycles. The number of benzene rings is 4. The number of aromatic amines is 1. The number of carbonyl (C=O) groups is 9. The number of aliphatic hydroxyl groups is 1. The molecule has 0 bridgehead atoms. The van der Waals surface area contributed by atoms with Gasteiger partial charge in [-0.05, 0) is 148 Å². The number of rotatable bonds is 61. The lowest BCUT2D eigenvalue weighted by atomic mass is 9.89. The van der Waals surface area contributed by atoms with Crippen LogP contribution in [0.25, 0.3) is 33.5 Å². The fourth-order valence-corrected chi connectivity index (χ4v) is 17.9. The van der Waals surface area contributed by atoms with Crippen LogP contribution in [0.5, 0.6) is 0 Å². The quantitative estimate of drug-likeness (QED) is 0.00966. The number of nitrogens with zero attached hydrogens (tertiary/aromatic N) is 6. The van der Waals surface area contributed by atoms with Gasteiger partial charge >= 0.3 is 17.7 Å². The van der Waals surface area contributed by atoms with Crippen LogP contribution in [0, 0.1) is 42.3 Å². The molecule has 13 atom stereocenters. The van der Waals surface area contributed by atoms with Crippen LogP contribution in [-0.4, -0.2) is 294 Å². The van der Waals surface area contributed by atoms with Gasteiger partial charge in [0, 0.05) is 119 Å². The molecule has 10 amide bonds. The van der Waals surface area contributed by atoms with Crippen molar-refractivity contribution in [2.24, 2.45) is 41.1 Å². The van der Waals surface area contributed by atoms with Gasteiger partial charge in [-0.25, -0.2) is 19.2 Å². The Morgan fingerprint density at radius 1 is 0.703 bits per heavy atom. The lowest BCUT2D eigenvalue weighted by Crippen LogP contribution is -2.58. The van der Waals surface area contributed by atoms with Crippen molar-refractivity contribution in [2.75, 3.05) is 155 Å². The van der Waals surface area contributed by atoms with Gasteiger partial charge in [-0.1, -0.05) is 129 Å². The van der Waals surface area contributed by atoms with E-state index in [4.69, 9.17) is 66.2 Å². The minimum atomic E-state index is -1.34. The second kappa shape index (κ2) is 58.2. The van der Waals surface area contributed by atoms with E-state index in [1.807, 2.05) is 65.1 Å². The normalized spacial score (nSPS) is 16.2. The first-order valence-electron chi connectivity index (χ1n) is 48.1. The van der Waals surface area contributed by atoms with Crippen molar-refractivity contribution in [3.05, 3.63) is 125 Å². The number of aryl methyl sites for hydroxylation is 1. The van der Waals surface area contributed by atoms with E-state index in [0.29, 0.717) is 90.1 Å². The van der Waals surface area contributed by atoms with Crippen molar-refractivity contribution in [3.63, 3.8) is 0 Å². The molecule has 39 heteroatoms. The SMILES string of the molecule is CC[C@H](C)[C@@H]([C@@H](CC(=O)N1CCC[C@H]1[C@H](OC)[C@@H](C)C(=O)N[C@H](C)[C@@H](O)c1ccccc1)OC)N(C)C(=O)[C@@H](NC[C@H](C(C)C)N(C)COCc1ccc(NC(=O)[C@H](CCCNC(N)=O)NC(=O)[C@@H](NC(=O)[C@H](C[S+]=O)NC(=O)CCOCCOCCOCCOCCC(=O)NCCNc2ncc(-c3cc(C)cc(F)c3)c(N3CCC(N)CC3)c2-c2nc3ccc(Cl)cc3[nH]2)C(C)C)cc1)C(C)C. The van der Waals surface area contributed by atoms with Crippen LogP contribution < -0.4 is 64.2 Å². The Morgan fingerprint density at radius 2 is 1.36 bits per heavy atom. The van der Waals surface area contributed by atoms with E-state index in [2.05, 4.69) is 83.4 Å². The van der Waals surface area contributed by atoms with Crippen molar-refractivity contribution < 1.29 is 90.0 Å². The highest BCUT2D eigenvalue weighted by Crippen LogP contribution is 2.44. The number of aromatic nitrogens is 3. The molecular weight excluding hydrogens is 1820 g/mol. The van der Waals surface area contributed by atoms with Crippen molar-refractivity contribution >= 4 is 105 Å². The maximum Gasteiger partial charge on any atom is 0.461 e. The van der Waals surface area contributed by atoms with E-state index in [0.717, 1.165) is 47.2 Å². The Bertz CT molecular complexity index is 4830. The van der Waals surface area contributed by atoms with Crippen molar-refractivity contribution in [2.45, 2.75) is 220 Å². The van der Waals surface area contributed by atoms with Gasteiger partial charge in [-0.3, -0.25) is 43.3 Å². The molecule has 138 heavy (non-hydrogen) atoms. The third kappa shape index (κ3) is 35.0. The number of methoxy groups -OCH3 is 2. The van der Waals surface area contributed by atoms with Gasteiger partial charge in [0.25, 0.3) is 5.75 Å². The first-order chi connectivity index (χ1) is 66.1. The summed E-state index contributed by atoms with van der Waals surface area (Å²) in [6.45, 7) is 25.8. The Labute approximate surface area is 820 Å². The molecule has 2 saturated heterocycles. The molecule has 762 valence electrons. The minimum absolute atomic E-state index is 0.00339. The molecule has 0 spiro atoms. The summed E-state index contributed by atoms with van der Waals surface area (Å²) in [5.74, 6) is -4.45. The molecule has 4 heterocycles. The number of likely N-dealkylation sites (N-methyl/N-ethyl adjacent to an activating group) is 2. The number of nitrogens with two attached hydrogens (primary N) is 2. The molecule has 0 unspecified atom stereocenters. The molecule has 0 aliphatic carbocycles. The number of ether oxygens (including phenoxy) is 7. The zero-order chi connectivity index (χ0) is 101. The number of likely N-dealkylation sites (tertiary alicyclic amines) is 1. The zero-order valence-corrected chi connectivity index (χ0v) is 84.3. The molecule has 2 aliphatic rings. The van der Waals surface area contributed by atoms with E-state index >= 15 is 4.39 Å². The summed E-state index contributed by atoms with van der Waals surface area (Å²) in [5.41, 5.74) is 18.7. The lowest BCUT2D eigenvalue weighted by molar-refractivity contribution is -0.147. The Balaban J connectivity index is 0.718. The number of imidazole rings is 1. The van der Waals surface area contributed by atoms with Gasteiger partial charge in [0.1, 0.15) is 29.5 Å². The standard InChI is InChI=1S/C99H148ClFN18O18S/c1-16-64(9)88(81(131-14)54-84(122)119-39-21-25-79(119)91(132-15)65(10)94(124)109-66(11)90(123)68-22-18-17-19-23-68)117(13)98(128)87(62(6)7)107-56-80(60(2)3)116(12)59-137-57-67-26-29-73(30-27-67)110-95(125)76(24-20-36-106-99(103)129)114-97(127)86(61(4)5)115-96(126)78(58-138-130)111-83(121)35-43-134-45-47-136-49-48-135-46-44-133-42-34-82(120)104-37-38-105-92-85(93-112-75-31-28-70(100)53-77(75)113-93)89(118-40-32-72(102)33-41-118)74(55-108-92)69-50-63(8)51-71(101)52-69/h17-19,22-23,26-31,50-53,55,60-62,64-66,72,76,78-81,86-88,90-91,107,123H,16,20-21,24-25,32-49,54,56-59,102H2,1-15H3,(H10-,103,104,105,106,108,109,110,111,112,113,114,115,120,121,124,125,126,127,129)/p+1/t64-,65+,66+,76-,78-,79-,80+,81+,86-,87-,88-,90+,91+/m0/s1. The number of anilines is 3. The molecule has 8 rings (SSSR count). The first-order valence-corrected chi connectivity index (χ1v) is 49.4. The summed E-state index contributed by atoms with van der Waals surface area (Å²) in [4.78, 5) is 144. The van der Waals surface area contributed by atoms with E-state index in [1.54, 1.807) is 113 Å². The highest BCUT2D eigenvalue weighted by Gasteiger charge is 2.44. The second-order valence-corrected chi connectivity index (χ2v) is 37.8. The summed E-state index contributed by atoms with van der Waals surface area (Å²) >= 11 is 6.46. The second-order valence-electron chi connectivity index (χ2n) is 36.8. The third-order valence-electron chi connectivity index (χ3n) is 25.3. The average Bonchev–Trinajstić information content (AvgIpc) is 1.09. The molecule has 0 radical (unpaired) electrons. The number of primary amides is 1. The number of fused-ring (bicyclic) bond motifs is 1. The van der Waals surface area contributed by atoms with Crippen LogP contribution in [0.15, 0.2) is 97.2 Å². The number of hydrogen-bond donors (Lipinski definition) is 13. The molecule has 2 fully saturated rings. The van der Waals surface area contributed by atoms with Crippen molar-refractivity contribution in [1.82, 2.24) is 66.9 Å². The molecule has 6 aromatic rings. The number of pyridine rings is 1. The number of H-pyrrole nitrogens is 1. The van der Waals surface area contributed by atoms with Gasteiger partial charge in [-0.15, -0.1) is 0 Å². The monoisotopic (exact) mass is 1960 g/mol. The number of urea groups is 1. The maximum atomic E-state index is 15.0. The van der Waals surface area contributed by atoms with Crippen LogP contribution in [0.3, 0.4) is 0 Å². The smallest absolute Gasteiger partial charge is 0.386 e. The molecule has 2 aromatic heterocycles. The first kappa shape index (κ1) is 113. The number of amides is 10. The number of halogens is 2. The topological polar surface area (TPSA) is 470 Å². The predicted octanol–water partition coefficient (Wildman–Crippen LogP) is 8.52. The fourth-order valence-electron chi connectivity index (χ4n) is 17.4. The summed E-state index contributed by atoms with van der Waals surface area (Å²) in [5, 5.41) is 37.8. The highest BCUT2D eigenvalue weighted by atomic mass is 35.5. The fraction of sp³-hybridized carbons (Fsp3) is 0.606. The van der Waals surface area contributed by atoms with Crippen LogP contribution in [0.2, 0.25) is 5.02 Å². The van der Waals surface area contributed by atoms with Gasteiger partial charge < -0.3 is 117 Å². The van der Waals surface area contributed by atoms with Gasteiger partial charge in [0.05, 0.1) is 143 Å². The van der Waals surface area contributed by atoms with Crippen LogP contribution >= 0.6 is 11.6 Å². The van der Waals surface area contributed by atoms with Crippen LogP contribution in [0.1, 0.15) is 156 Å². The summed E-state index contributed by atoms with van der Waals surface area (Å²) < 4.78 is 67.9. The van der Waals surface area contributed by atoms with Crippen molar-refractivity contribution in [1.29, 1.82) is 0 Å². The minimum Gasteiger partial charge on any atom is -0.386 e. The molecule has 36 nitrogen and oxygen atoms in total. The predicted molar refractivity (Wildman–Crippen MR) is 531 cm³/mol. The summed E-state index contributed by atoms with van der Waals surface area (Å²) in [6.07, 6.45) is 3.31. The average molecular weight is 1970 g/mol. The van der Waals surface area contributed by atoms with Crippen LogP contribution in [0.4, 0.5) is 26.4 Å². The zero-order valence-electron chi connectivity index (χ0n) is 82.7.